The zero-order valence-electron chi connectivity index (χ0n) is 7.50. The Morgan fingerprint density at radius 1 is 1.75 bits per heavy atom. The van der Waals surface area contributed by atoms with Gasteiger partial charge in [0.25, 0.3) is 5.82 Å². The molecule has 0 atom stereocenters. The predicted molar refractivity (Wildman–Crippen MR) is 40.3 cm³/mol. The molecule has 0 aliphatic rings. The third-order valence-electron chi connectivity index (χ3n) is 2.09. The second-order valence-electron chi connectivity index (χ2n) is 2.69. The van der Waals surface area contributed by atoms with Gasteiger partial charge in [-0.2, -0.15) is 0 Å². The zero-order valence-corrected chi connectivity index (χ0v) is 7.50. The molecule has 0 radical (unpaired) electrons. The molecular formula is C8H12N2O2. The summed E-state index contributed by atoms with van der Waals surface area (Å²) in [6.45, 7) is 4.61. The van der Waals surface area contributed by atoms with E-state index in [2.05, 4.69) is 0 Å². The number of nitrogens with zero attached hydrogens (tertiary/aromatic N) is 2. The summed E-state index contributed by atoms with van der Waals surface area (Å²) in [4.78, 5) is 10.6. The van der Waals surface area contributed by atoms with E-state index in [4.69, 9.17) is 0 Å². The summed E-state index contributed by atoms with van der Waals surface area (Å²) < 4.78 is 3.48. The number of carbonyl (C=O) groups excluding carboxylic acids is 1. The van der Waals surface area contributed by atoms with Crippen LogP contribution in [0.5, 0.6) is 0 Å². The van der Waals surface area contributed by atoms with Crippen LogP contribution in [0.2, 0.25) is 0 Å². The molecule has 1 aromatic heterocycles. The topological polar surface area (TPSA) is 48.9 Å². The van der Waals surface area contributed by atoms with E-state index in [9.17, 15) is 9.90 Å². The number of aromatic nitrogens is 2. The molecule has 0 saturated carbocycles. The second kappa shape index (κ2) is 2.97. The van der Waals surface area contributed by atoms with Crippen LogP contribution >= 0.6 is 0 Å². The van der Waals surface area contributed by atoms with Crippen molar-refractivity contribution in [2.45, 2.75) is 20.4 Å². The van der Waals surface area contributed by atoms with Crippen LogP contribution in [-0.4, -0.2) is 10.5 Å². The molecule has 4 nitrogen and oxygen atoms in total. The average molecular weight is 168 g/mol. The maximum absolute atomic E-state index is 10.6. The highest BCUT2D eigenvalue weighted by atomic mass is 16.4. The van der Waals surface area contributed by atoms with Crippen LogP contribution in [0.3, 0.4) is 0 Å². The molecule has 0 N–H and O–H groups in total. The van der Waals surface area contributed by atoms with E-state index in [1.807, 2.05) is 18.4 Å². The van der Waals surface area contributed by atoms with Gasteiger partial charge < -0.3 is 9.90 Å². The Morgan fingerprint density at radius 2 is 2.33 bits per heavy atom. The van der Waals surface area contributed by atoms with E-state index >= 15 is 0 Å². The molecule has 0 amide bonds. The van der Waals surface area contributed by atoms with E-state index in [1.54, 1.807) is 17.8 Å². The number of carboxylic acids is 1. The van der Waals surface area contributed by atoms with Crippen LogP contribution in [0.15, 0.2) is 6.20 Å². The highest BCUT2D eigenvalue weighted by Gasteiger charge is 2.15. The molecule has 0 aliphatic heterocycles. The summed E-state index contributed by atoms with van der Waals surface area (Å²) in [6, 6.07) is 0. The Balaban J connectivity index is 3.25. The first-order chi connectivity index (χ1) is 5.57. The second-order valence-corrected chi connectivity index (χ2v) is 2.69. The van der Waals surface area contributed by atoms with Crippen LogP contribution in [0.1, 0.15) is 23.2 Å². The number of aromatic carboxylic acids is 1. The molecule has 66 valence electrons. The van der Waals surface area contributed by atoms with Gasteiger partial charge in [0.1, 0.15) is 12.2 Å². The largest absolute Gasteiger partial charge is 0.541 e. The van der Waals surface area contributed by atoms with Gasteiger partial charge in [-0.15, -0.1) is 0 Å². The number of imidazole rings is 1. The SMILES string of the molecule is CC[n+]1cc(C(=O)[O-])n(C)c1C. The summed E-state index contributed by atoms with van der Waals surface area (Å²) in [5.74, 6) is -0.218. The smallest absolute Gasteiger partial charge is 0.253 e. The molecule has 1 heterocycles. The highest BCUT2D eigenvalue weighted by molar-refractivity contribution is 5.83. The van der Waals surface area contributed by atoms with E-state index in [-0.39, 0.29) is 5.69 Å². The van der Waals surface area contributed by atoms with Crippen LogP contribution in [0.4, 0.5) is 0 Å². The van der Waals surface area contributed by atoms with Crippen LogP contribution < -0.4 is 9.67 Å². The van der Waals surface area contributed by atoms with Gasteiger partial charge in [-0.1, -0.05) is 0 Å². The third kappa shape index (κ3) is 1.20. The molecule has 0 saturated heterocycles. The first kappa shape index (κ1) is 8.77. The van der Waals surface area contributed by atoms with Gasteiger partial charge in [0, 0.05) is 6.92 Å². The number of rotatable bonds is 2. The number of carbonyl (C=O) groups is 1. The fraction of sp³-hybridized carbons (Fsp3) is 0.500. The highest BCUT2D eigenvalue weighted by Crippen LogP contribution is 1.97. The average Bonchev–Trinajstić information content (AvgIpc) is 2.30. The molecule has 0 aromatic carbocycles. The van der Waals surface area contributed by atoms with Gasteiger partial charge in [0.2, 0.25) is 0 Å². The monoisotopic (exact) mass is 168 g/mol. The van der Waals surface area contributed by atoms with Gasteiger partial charge >= 0.3 is 0 Å². The standard InChI is InChI=1S/C8H12N2O2/c1-4-10-5-7(8(11)12)9(3)6(10)2/h5H,4H2,1-3H3. The van der Waals surface area contributed by atoms with Gasteiger partial charge in [0.15, 0.2) is 5.69 Å². The molecule has 0 bridgehead atoms. The van der Waals surface area contributed by atoms with Crippen molar-refractivity contribution in [2.24, 2.45) is 7.05 Å². The minimum absolute atomic E-state index is 0.217. The zero-order chi connectivity index (χ0) is 9.30. The van der Waals surface area contributed by atoms with Crippen LogP contribution in [0.25, 0.3) is 0 Å². The predicted octanol–water partition coefficient (Wildman–Crippen LogP) is -0.996. The van der Waals surface area contributed by atoms with E-state index in [0.717, 1.165) is 12.4 Å². The number of hydrogen-bond donors (Lipinski definition) is 0. The quantitative estimate of drug-likeness (QED) is 0.532. The fourth-order valence-corrected chi connectivity index (χ4v) is 1.20. The molecule has 0 aliphatic carbocycles. The first-order valence-corrected chi connectivity index (χ1v) is 3.85. The minimum atomic E-state index is -1.13. The maximum atomic E-state index is 10.6. The van der Waals surface area contributed by atoms with Crippen molar-refractivity contribution in [2.75, 3.05) is 0 Å². The normalized spacial score (nSPS) is 10.2. The minimum Gasteiger partial charge on any atom is -0.541 e. The Bertz CT molecular complexity index is 315. The Kier molecular flexibility index (Phi) is 2.17. The van der Waals surface area contributed by atoms with Gasteiger partial charge in [0.05, 0.1) is 13.6 Å². The van der Waals surface area contributed by atoms with Crippen molar-refractivity contribution in [3.05, 3.63) is 17.7 Å². The van der Waals surface area contributed by atoms with E-state index < -0.39 is 5.97 Å². The summed E-state index contributed by atoms with van der Waals surface area (Å²) in [7, 11) is 1.71. The molecule has 1 rings (SSSR count). The number of aryl methyl sites for hydroxylation is 1. The summed E-state index contributed by atoms with van der Waals surface area (Å²) in [5.41, 5.74) is 0.217. The summed E-state index contributed by atoms with van der Waals surface area (Å²) in [6.07, 6.45) is 1.59. The van der Waals surface area contributed by atoms with Crippen molar-refractivity contribution in [1.82, 2.24) is 4.57 Å². The van der Waals surface area contributed by atoms with Gasteiger partial charge in [-0.25, -0.2) is 9.13 Å². The van der Waals surface area contributed by atoms with Crippen molar-refractivity contribution >= 4 is 5.97 Å². The summed E-state index contributed by atoms with van der Waals surface area (Å²) >= 11 is 0. The molecule has 1 aromatic rings. The lowest BCUT2D eigenvalue weighted by molar-refractivity contribution is -0.699. The van der Waals surface area contributed by atoms with Gasteiger partial charge in [-0.05, 0) is 6.92 Å². The molecule has 0 fully saturated rings. The van der Waals surface area contributed by atoms with E-state index in [0.29, 0.717) is 0 Å². The Hall–Kier alpha value is -1.32. The third-order valence-corrected chi connectivity index (χ3v) is 2.09. The lowest BCUT2D eigenvalue weighted by Gasteiger charge is -1.95. The lowest BCUT2D eigenvalue weighted by atomic mass is 10.5. The Labute approximate surface area is 71.1 Å². The van der Waals surface area contributed by atoms with Crippen LogP contribution in [-0.2, 0) is 13.6 Å². The lowest BCUT2D eigenvalue weighted by Crippen LogP contribution is -2.33. The molecule has 4 heteroatoms. The van der Waals surface area contributed by atoms with Crippen molar-refractivity contribution in [3.8, 4) is 0 Å². The summed E-state index contributed by atoms with van der Waals surface area (Å²) in [5, 5.41) is 10.6. The van der Waals surface area contributed by atoms with E-state index in [1.165, 1.54) is 0 Å². The maximum Gasteiger partial charge on any atom is 0.253 e. The molecule has 0 spiro atoms. The van der Waals surface area contributed by atoms with Crippen molar-refractivity contribution in [1.29, 1.82) is 0 Å². The fourth-order valence-electron chi connectivity index (χ4n) is 1.20. The molecular weight excluding hydrogens is 156 g/mol. The number of hydrogen-bond acceptors (Lipinski definition) is 2. The first-order valence-electron chi connectivity index (χ1n) is 3.85. The molecule has 0 unspecified atom stereocenters. The van der Waals surface area contributed by atoms with Crippen molar-refractivity contribution < 1.29 is 14.5 Å². The van der Waals surface area contributed by atoms with Crippen molar-refractivity contribution in [3.63, 3.8) is 0 Å². The Morgan fingerprint density at radius 3 is 2.58 bits per heavy atom. The van der Waals surface area contributed by atoms with Crippen LogP contribution in [0, 0.1) is 6.92 Å². The molecule has 12 heavy (non-hydrogen) atoms. The van der Waals surface area contributed by atoms with Gasteiger partial charge in [-0.3, -0.25) is 0 Å². The number of carboxylic acid groups (broad SMARTS) is 1.